The minimum atomic E-state index is -0.499. The highest BCUT2D eigenvalue weighted by atomic mass is 16.6. The number of fused-ring (bicyclic) bond motifs is 1. The number of pyridine rings is 1. The number of aryl methyl sites for hydroxylation is 1. The lowest BCUT2D eigenvalue weighted by Gasteiger charge is -2.02. The van der Waals surface area contributed by atoms with E-state index in [1.165, 1.54) is 24.3 Å². The molecule has 0 radical (unpaired) electrons. The van der Waals surface area contributed by atoms with Gasteiger partial charge in [-0.3, -0.25) is 14.9 Å². The summed E-state index contributed by atoms with van der Waals surface area (Å²) in [5.41, 5.74) is 2.95. The SMILES string of the molecule is Cc1cccc2nc(CNC(=O)c3ccc([N+](=O)[O-])cc3)cn12. The molecule has 0 aliphatic heterocycles. The first-order chi connectivity index (χ1) is 11.0. The zero-order valence-electron chi connectivity index (χ0n) is 12.4. The molecule has 1 N–H and O–H groups in total. The Kier molecular flexibility index (Phi) is 3.76. The molecule has 2 heterocycles. The fourth-order valence-electron chi connectivity index (χ4n) is 2.29. The summed E-state index contributed by atoms with van der Waals surface area (Å²) in [6.45, 7) is 2.27. The van der Waals surface area contributed by atoms with Crippen molar-refractivity contribution in [2.45, 2.75) is 13.5 Å². The summed E-state index contributed by atoms with van der Waals surface area (Å²) in [4.78, 5) is 26.6. The number of hydrogen-bond donors (Lipinski definition) is 1. The molecule has 0 saturated carbocycles. The van der Waals surface area contributed by atoms with Gasteiger partial charge in [-0.1, -0.05) is 6.07 Å². The number of nitrogens with zero attached hydrogens (tertiary/aromatic N) is 3. The van der Waals surface area contributed by atoms with Crippen LogP contribution in [0.4, 0.5) is 5.69 Å². The van der Waals surface area contributed by atoms with E-state index in [1.807, 2.05) is 35.7 Å². The molecule has 0 spiro atoms. The molecule has 0 aliphatic carbocycles. The standard InChI is InChI=1S/C16H14N4O3/c1-11-3-2-4-15-18-13(10-19(11)15)9-17-16(21)12-5-7-14(8-6-12)20(22)23/h2-8,10H,9H2,1H3,(H,17,21). The number of non-ortho nitro benzene ring substituents is 1. The molecule has 0 bridgehead atoms. The molecule has 1 amide bonds. The molecule has 1 aromatic carbocycles. The first kappa shape index (κ1) is 14.7. The van der Waals surface area contributed by atoms with Crippen LogP contribution in [0.2, 0.25) is 0 Å². The van der Waals surface area contributed by atoms with Crippen molar-refractivity contribution in [1.82, 2.24) is 14.7 Å². The molecule has 0 saturated heterocycles. The lowest BCUT2D eigenvalue weighted by molar-refractivity contribution is -0.384. The van der Waals surface area contributed by atoms with Crippen LogP contribution in [0.5, 0.6) is 0 Å². The summed E-state index contributed by atoms with van der Waals surface area (Å²) in [5, 5.41) is 13.4. The minimum Gasteiger partial charge on any atom is -0.346 e. The molecular weight excluding hydrogens is 296 g/mol. The van der Waals surface area contributed by atoms with Crippen LogP contribution in [-0.2, 0) is 6.54 Å². The third kappa shape index (κ3) is 3.03. The minimum absolute atomic E-state index is 0.0441. The van der Waals surface area contributed by atoms with Gasteiger partial charge >= 0.3 is 0 Å². The topological polar surface area (TPSA) is 89.5 Å². The van der Waals surface area contributed by atoms with Gasteiger partial charge in [0.25, 0.3) is 11.6 Å². The molecule has 2 aromatic heterocycles. The van der Waals surface area contributed by atoms with Gasteiger partial charge in [-0.25, -0.2) is 4.98 Å². The summed E-state index contributed by atoms with van der Waals surface area (Å²) in [5.74, 6) is -0.298. The molecule has 23 heavy (non-hydrogen) atoms. The van der Waals surface area contributed by atoms with Crippen molar-refractivity contribution in [3.8, 4) is 0 Å². The Morgan fingerprint density at radius 3 is 2.65 bits per heavy atom. The first-order valence-electron chi connectivity index (χ1n) is 7.01. The molecule has 116 valence electrons. The van der Waals surface area contributed by atoms with Crippen LogP contribution >= 0.6 is 0 Å². The summed E-state index contributed by atoms with van der Waals surface area (Å²) >= 11 is 0. The molecule has 0 unspecified atom stereocenters. The number of amides is 1. The summed E-state index contributed by atoms with van der Waals surface area (Å²) < 4.78 is 1.95. The van der Waals surface area contributed by atoms with E-state index in [0.717, 1.165) is 17.0 Å². The number of nitrogens with one attached hydrogen (secondary N) is 1. The number of aromatic nitrogens is 2. The van der Waals surface area contributed by atoms with Crippen molar-refractivity contribution in [3.63, 3.8) is 0 Å². The number of carbonyl (C=O) groups is 1. The van der Waals surface area contributed by atoms with E-state index >= 15 is 0 Å². The van der Waals surface area contributed by atoms with Gasteiger partial charge in [-0.2, -0.15) is 0 Å². The van der Waals surface area contributed by atoms with Gasteiger partial charge in [0.2, 0.25) is 0 Å². The Balaban J connectivity index is 1.70. The third-order valence-corrected chi connectivity index (χ3v) is 3.52. The lowest BCUT2D eigenvalue weighted by atomic mass is 10.2. The normalized spacial score (nSPS) is 10.7. The highest BCUT2D eigenvalue weighted by Gasteiger charge is 2.10. The summed E-state index contributed by atoms with van der Waals surface area (Å²) in [7, 11) is 0. The zero-order chi connectivity index (χ0) is 16.4. The predicted molar refractivity (Wildman–Crippen MR) is 84.2 cm³/mol. The van der Waals surface area contributed by atoms with E-state index in [2.05, 4.69) is 10.3 Å². The van der Waals surface area contributed by atoms with E-state index in [4.69, 9.17) is 0 Å². The average Bonchev–Trinajstić information content (AvgIpc) is 2.97. The van der Waals surface area contributed by atoms with Gasteiger partial charge in [0.05, 0.1) is 17.2 Å². The van der Waals surface area contributed by atoms with Crippen LogP contribution in [0.3, 0.4) is 0 Å². The largest absolute Gasteiger partial charge is 0.346 e. The van der Waals surface area contributed by atoms with Crippen molar-refractivity contribution < 1.29 is 9.72 Å². The number of nitro groups is 1. The van der Waals surface area contributed by atoms with Crippen LogP contribution in [0.1, 0.15) is 21.7 Å². The van der Waals surface area contributed by atoms with Crippen molar-refractivity contribution in [2.75, 3.05) is 0 Å². The number of rotatable bonds is 4. The third-order valence-electron chi connectivity index (χ3n) is 3.52. The average molecular weight is 310 g/mol. The smallest absolute Gasteiger partial charge is 0.269 e. The fourth-order valence-corrected chi connectivity index (χ4v) is 2.29. The second kappa shape index (κ2) is 5.88. The predicted octanol–water partition coefficient (Wildman–Crippen LogP) is 2.48. The monoisotopic (exact) mass is 310 g/mol. The lowest BCUT2D eigenvalue weighted by Crippen LogP contribution is -2.22. The Bertz CT molecular complexity index is 884. The second-order valence-corrected chi connectivity index (χ2v) is 5.11. The maximum Gasteiger partial charge on any atom is 0.269 e. The highest BCUT2D eigenvalue weighted by Crippen LogP contribution is 2.12. The number of carbonyl (C=O) groups excluding carboxylic acids is 1. The van der Waals surface area contributed by atoms with Gasteiger partial charge < -0.3 is 9.72 Å². The Morgan fingerprint density at radius 1 is 1.26 bits per heavy atom. The molecule has 3 rings (SSSR count). The fraction of sp³-hybridized carbons (Fsp3) is 0.125. The van der Waals surface area contributed by atoms with Gasteiger partial charge in [0.1, 0.15) is 5.65 Å². The second-order valence-electron chi connectivity index (χ2n) is 5.11. The number of benzene rings is 1. The van der Waals surface area contributed by atoms with E-state index in [-0.39, 0.29) is 18.1 Å². The molecule has 0 fully saturated rings. The molecule has 0 atom stereocenters. The van der Waals surface area contributed by atoms with E-state index < -0.39 is 4.92 Å². The molecule has 7 nitrogen and oxygen atoms in total. The van der Waals surface area contributed by atoms with Crippen molar-refractivity contribution in [1.29, 1.82) is 0 Å². The maximum atomic E-state index is 12.1. The van der Waals surface area contributed by atoms with Crippen LogP contribution < -0.4 is 5.32 Å². The summed E-state index contributed by atoms with van der Waals surface area (Å²) in [6, 6.07) is 11.3. The van der Waals surface area contributed by atoms with Gasteiger partial charge in [0.15, 0.2) is 0 Å². The molecule has 0 aliphatic rings. The Hall–Kier alpha value is -3.22. The van der Waals surface area contributed by atoms with E-state index in [0.29, 0.717) is 5.56 Å². The van der Waals surface area contributed by atoms with Gasteiger partial charge in [-0.15, -0.1) is 0 Å². The number of hydrogen-bond acceptors (Lipinski definition) is 4. The molecule has 7 heteroatoms. The van der Waals surface area contributed by atoms with E-state index in [9.17, 15) is 14.9 Å². The van der Waals surface area contributed by atoms with Crippen molar-refractivity contribution in [3.05, 3.63) is 75.7 Å². The van der Waals surface area contributed by atoms with Crippen LogP contribution in [0, 0.1) is 17.0 Å². The first-order valence-corrected chi connectivity index (χ1v) is 7.01. The van der Waals surface area contributed by atoms with Crippen molar-refractivity contribution in [2.24, 2.45) is 0 Å². The van der Waals surface area contributed by atoms with Crippen molar-refractivity contribution >= 4 is 17.2 Å². The highest BCUT2D eigenvalue weighted by molar-refractivity contribution is 5.94. The zero-order valence-corrected chi connectivity index (χ0v) is 12.4. The summed E-state index contributed by atoms with van der Waals surface area (Å²) in [6.07, 6.45) is 1.88. The molecular formula is C16H14N4O3. The van der Waals surface area contributed by atoms with Crippen LogP contribution in [0.15, 0.2) is 48.7 Å². The maximum absolute atomic E-state index is 12.1. The number of nitro benzene ring substituents is 1. The van der Waals surface area contributed by atoms with Crippen LogP contribution in [-0.4, -0.2) is 20.2 Å². The molecule has 3 aromatic rings. The Labute approximate surface area is 131 Å². The van der Waals surface area contributed by atoms with Crippen LogP contribution in [0.25, 0.3) is 5.65 Å². The quantitative estimate of drug-likeness (QED) is 0.592. The van der Waals surface area contributed by atoms with Gasteiger partial charge in [0, 0.05) is 29.6 Å². The Morgan fingerprint density at radius 2 is 2.00 bits per heavy atom. The van der Waals surface area contributed by atoms with Gasteiger partial charge in [-0.05, 0) is 31.2 Å². The van der Waals surface area contributed by atoms with E-state index in [1.54, 1.807) is 0 Å². The number of imidazole rings is 1.